The molecule has 0 saturated carbocycles. The summed E-state index contributed by atoms with van der Waals surface area (Å²) >= 11 is 0. The minimum Gasteiger partial charge on any atom is -0.394 e. The van der Waals surface area contributed by atoms with Crippen LogP contribution in [0.4, 0.5) is 0 Å². The molecule has 0 aliphatic carbocycles. The summed E-state index contributed by atoms with van der Waals surface area (Å²) < 4.78 is 34.4. The predicted octanol–water partition coefficient (Wildman–Crippen LogP) is 13.1. The number of aliphatic hydroxyl groups excluding tert-OH is 11. The van der Waals surface area contributed by atoms with Crippen molar-refractivity contribution in [2.24, 2.45) is 0 Å². The van der Waals surface area contributed by atoms with Crippen LogP contribution in [0.1, 0.15) is 309 Å². The number of amides is 1. The van der Waals surface area contributed by atoms with E-state index in [1.54, 1.807) is 6.08 Å². The molecule has 19 nitrogen and oxygen atoms in total. The molecule has 3 fully saturated rings. The highest BCUT2D eigenvalue weighted by Gasteiger charge is 2.54. The largest absolute Gasteiger partial charge is 0.394 e. The van der Waals surface area contributed by atoms with E-state index < -0.39 is 124 Å². The quantitative estimate of drug-likeness (QED) is 0.0199. The van der Waals surface area contributed by atoms with E-state index in [1.807, 2.05) is 6.08 Å². The van der Waals surface area contributed by atoms with Gasteiger partial charge in [0.05, 0.1) is 38.6 Å². The van der Waals surface area contributed by atoms with Crippen LogP contribution in [0.3, 0.4) is 0 Å². The number of allylic oxidation sites excluding steroid dienone is 9. The summed E-state index contributed by atoms with van der Waals surface area (Å²) in [5.41, 5.74) is 0. The van der Waals surface area contributed by atoms with Crippen LogP contribution in [0.2, 0.25) is 0 Å². The van der Waals surface area contributed by atoms with Gasteiger partial charge in [-0.3, -0.25) is 4.79 Å². The van der Waals surface area contributed by atoms with Gasteiger partial charge in [-0.1, -0.05) is 286 Å². The van der Waals surface area contributed by atoms with Crippen molar-refractivity contribution < 1.29 is 89.4 Å². The molecule has 0 aromatic carbocycles. The molecule has 3 heterocycles. The molecular formula is C80H145NO18. The van der Waals surface area contributed by atoms with Crippen molar-refractivity contribution in [3.8, 4) is 0 Å². The molecule has 99 heavy (non-hydrogen) atoms. The Morgan fingerprint density at radius 2 is 0.677 bits per heavy atom. The second-order valence-corrected chi connectivity index (χ2v) is 28.5. The van der Waals surface area contributed by atoms with Gasteiger partial charge in [0.15, 0.2) is 18.9 Å². The fourth-order valence-electron chi connectivity index (χ4n) is 13.3. The number of aliphatic hydroxyl groups is 11. The molecule has 17 unspecified atom stereocenters. The number of nitrogens with one attached hydrogen (secondary N) is 1. The summed E-state index contributed by atoms with van der Waals surface area (Å²) in [6, 6.07) is -0.998. The molecule has 1 amide bonds. The van der Waals surface area contributed by atoms with Crippen molar-refractivity contribution in [2.75, 3.05) is 26.4 Å². The Balaban J connectivity index is 1.37. The summed E-state index contributed by atoms with van der Waals surface area (Å²) in [6.45, 7) is 1.73. The lowest BCUT2D eigenvalue weighted by Crippen LogP contribution is -2.66. The minimum atomic E-state index is -1.98. The van der Waals surface area contributed by atoms with Gasteiger partial charge >= 0.3 is 0 Å². The molecule has 0 spiro atoms. The van der Waals surface area contributed by atoms with Crippen LogP contribution in [0, 0.1) is 0 Å². The number of carbonyl (C=O) groups excluding carboxylic acids is 1. The second kappa shape index (κ2) is 60.7. The van der Waals surface area contributed by atoms with Gasteiger partial charge in [0, 0.05) is 6.42 Å². The fourth-order valence-corrected chi connectivity index (χ4v) is 13.3. The zero-order valence-electron chi connectivity index (χ0n) is 61.7. The summed E-state index contributed by atoms with van der Waals surface area (Å²) in [7, 11) is 0. The first kappa shape index (κ1) is 90.7. The molecule has 12 N–H and O–H groups in total. The molecule has 19 heteroatoms. The van der Waals surface area contributed by atoms with Gasteiger partial charge in [0.2, 0.25) is 5.91 Å². The Bertz CT molecular complexity index is 2020. The Morgan fingerprint density at radius 1 is 0.364 bits per heavy atom. The zero-order chi connectivity index (χ0) is 71.8. The Labute approximate surface area is 598 Å². The van der Waals surface area contributed by atoms with E-state index in [9.17, 15) is 61.0 Å². The number of ether oxygens (including phenoxy) is 6. The van der Waals surface area contributed by atoms with Gasteiger partial charge in [0.1, 0.15) is 73.2 Å². The lowest BCUT2D eigenvalue weighted by Gasteiger charge is -2.48. The first-order valence-electron chi connectivity index (χ1n) is 40.0. The van der Waals surface area contributed by atoms with Crippen LogP contribution < -0.4 is 5.32 Å². The maximum atomic E-state index is 13.5. The maximum Gasteiger partial charge on any atom is 0.220 e. The van der Waals surface area contributed by atoms with Crippen molar-refractivity contribution in [3.05, 3.63) is 60.8 Å². The third-order valence-corrected chi connectivity index (χ3v) is 19.8. The highest BCUT2D eigenvalue weighted by Crippen LogP contribution is 2.33. The van der Waals surface area contributed by atoms with Crippen molar-refractivity contribution in [3.63, 3.8) is 0 Å². The standard InChI is InChI=1S/C80H145NO18/c1-3-5-7-9-11-13-15-17-19-21-23-25-26-27-28-29-30-31-32-33-34-35-36-38-40-42-44-46-48-50-52-54-56-58-68(86)81-63(64(85)57-55-53-51-49-47-45-43-41-39-37-24-22-20-18-16-14-12-10-8-6-4-2)62-94-78-74(92)71(89)76(66(60-83)96-78)99-80-75(93)72(90)77(67(61-84)97-80)98-79-73(91)70(88)69(87)65(59-82)95-79/h15,17,21,23,39,41,47,49,55,57,63-67,69-80,82-85,87-93H,3-14,16,18-20,22,24-38,40,42-46,48,50-54,56,58-62H2,1-2H3,(H,81,86)/b17-15-,23-21-,41-39+,49-47+,57-55+. The predicted molar refractivity (Wildman–Crippen MR) is 392 cm³/mol. The fraction of sp³-hybridized carbons (Fsp3) is 0.863. The Hall–Kier alpha value is -2.51. The zero-order valence-corrected chi connectivity index (χ0v) is 61.7. The monoisotopic (exact) mass is 1410 g/mol. The molecule has 0 radical (unpaired) electrons. The topological polar surface area (TPSA) is 307 Å². The molecular weight excluding hydrogens is 1260 g/mol. The van der Waals surface area contributed by atoms with E-state index in [0.717, 1.165) is 51.4 Å². The van der Waals surface area contributed by atoms with Crippen molar-refractivity contribution >= 4 is 5.91 Å². The molecule has 3 aliphatic heterocycles. The van der Waals surface area contributed by atoms with Crippen LogP contribution in [0.25, 0.3) is 0 Å². The number of rotatable bonds is 63. The lowest BCUT2D eigenvalue weighted by atomic mass is 9.96. The van der Waals surface area contributed by atoms with Crippen molar-refractivity contribution in [2.45, 2.75) is 413 Å². The lowest BCUT2D eigenvalue weighted by molar-refractivity contribution is -0.379. The van der Waals surface area contributed by atoms with Crippen molar-refractivity contribution in [1.29, 1.82) is 0 Å². The minimum absolute atomic E-state index is 0.233. The molecule has 0 bridgehead atoms. The molecule has 3 saturated heterocycles. The summed E-state index contributed by atoms with van der Waals surface area (Å²) in [5.74, 6) is -0.285. The van der Waals surface area contributed by atoms with Crippen LogP contribution in [-0.4, -0.2) is 193 Å². The van der Waals surface area contributed by atoms with Gasteiger partial charge in [-0.2, -0.15) is 0 Å². The Kier molecular flexibility index (Phi) is 55.6. The first-order chi connectivity index (χ1) is 48.3. The van der Waals surface area contributed by atoms with Crippen LogP contribution in [-0.2, 0) is 33.2 Å². The second-order valence-electron chi connectivity index (χ2n) is 28.5. The van der Waals surface area contributed by atoms with Gasteiger partial charge in [-0.15, -0.1) is 0 Å². The van der Waals surface area contributed by atoms with Gasteiger partial charge in [-0.05, 0) is 77.0 Å². The Morgan fingerprint density at radius 3 is 1.07 bits per heavy atom. The number of hydrogen-bond donors (Lipinski definition) is 12. The maximum absolute atomic E-state index is 13.5. The van der Waals surface area contributed by atoms with Gasteiger partial charge < -0.3 is 89.9 Å². The third kappa shape index (κ3) is 41.1. The van der Waals surface area contributed by atoms with Crippen LogP contribution >= 0.6 is 0 Å². The van der Waals surface area contributed by atoms with E-state index in [0.29, 0.717) is 12.8 Å². The summed E-state index contributed by atoms with van der Waals surface area (Å²) in [5, 5.41) is 121. The molecule has 0 aromatic rings. The van der Waals surface area contributed by atoms with E-state index in [2.05, 4.69) is 67.8 Å². The number of hydrogen-bond acceptors (Lipinski definition) is 18. The summed E-state index contributed by atoms with van der Waals surface area (Å²) in [6.07, 6.45) is 50.7. The van der Waals surface area contributed by atoms with Gasteiger partial charge in [-0.25, -0.2) is 0 Å². The number of unbranched alkanes of at least 4 members (excludes halogenated alkanes) is 39. The smallest absolute Gasteiger partial charge is 0.220 e. The first-order valence-corrected chi connectivity index (χ1v) is 40.0. The SMILES string of the molecule is CCCCCCC/C=C\C/C=C\CCCCCCCCCCCCCCCCCCCCCCCC(=O)NC(COC1OC(CO)C(OC2OC(CO)C(OC3OC(CO)C(O)C(O)C3O)C(O)C2O)C(O)C1O)C(O)/C=C/CC/C=C/CC/C=C/CCCCCCCCCCCCC. The third-order valence-electron chi connectivity index (χ3n) is 19.8. The van der Waals surface area contributed by atoms with Crippen LogP contribution in [0.5, 0.6) is 0 Å². The van der Waals surface area contributed by atoms with E-state index in [1.165, 1.54) is 225 Å². The highest BCUT2D eigenvalue weighted by atomic mass is 16.8. The normalized spacial score (nSPS) is 26.9. The molecule has 578 valence electrons. The highest BCUT2D eigenvalue weighted by molar-refractivity contribution is 5.76. The average molecular weight is 1410 g/mol. The molecule has 3 aliphatic rings. The molecule has 0 aromatic heterocycles. The van der Waals surface area contributed by atoms with E-state index >= 15 is 0 Å². The summed E-state index contributed by atoms with van der Waals surface area (Å²) in [4.78, 5) is 13.5. The van der Waals surface area contributed by atoms with Crippen molar-refractivity contribution in [1.82, 2.24) is 5.32 Å². The van der Waals surface area contributed by atoms with E-state index in [-0.39, 0.29) is 18.9 Å². The van der Waals surface area contributed by atoms with Gasteiger partial charge in [0.25, 0.3) is 0 Å². The number of carbonyl (C=O) groups is 1. The molecule has 17 atom stereocenters. The van der Waals surface area contributed by atoms with Crippen LogP contribution in [0.15, 0.2) is 60.8 Å². The average Bonchev–Trinajstić information content (AvgIpc) is 0.761. The molecule has 3 rings (SSSR count). The van der Waals surface area contributed by atoms with E-state index in [4.69, 9.17) is 28.4 Å².